The van der Waals surface area contributed by atoms with Crippen molar-refractivity contribution in [2.24, 2.45) is 5.92 Å². The van der Waals surface area contributed by atoms with E-state index in [1.165, 1.54) is 6.92 Å². The monoisotopic (exact) mass is 260 g/mol. The largest absolute Gasteiger partial charge is 0.465 e. The molecule has 1 aromatic rings. The predicted molar refractivity (Wildman–Crippen MR) is 70.5 cm³/mol. The molecular formula is C15H16O4. The van der Waals surface area contributed by atoms with Gasteiger partial charge >= 0.3 is 11.9 Å². The van der Waals surface area contributed by atoms with Gasteiger partial charge < -0.3 is 9.47 Å². The molecule has 0 aromatic heterocycles. The van der Waals surface area contributed by atoms with Crippen molar-refractivity contribution in [2.75, 3.05) is 6.61 Å². The summed E-state index contributed by atoms with van der Waals surface area (Å²) in [5, 5.41) is 0. The zero-order valence-electron chi connectivity index (χ0n) is 11.2. The van der Waals surface area contributed by atoms with Crippen LogP contribution >= 0.6 is 0 Å². The maximum absolute atomic E-state index is 11.7. The van der Waals surface area contributed by atoms with Crippen LogP contribution in [0.5, 0.6) is 5.75 Å². The molecule has 0 amide bonds. The molecule has 0 saturated carbocycles. The summed E-state index contributed by atoms with van der Waals surface area (Å²) in [4.78, 5) is 22.5. The Hall–Kier alpha value is -2.10. The van der Waals surface area contributed by atoms with Crippen molar-refractivity contribution < 1.29 is 19.1 Å². The number of esters is 2. The van der Waals surface area contributed by atoms with E-state index in [9.17, 15) is 9.59 Å². The number of hydrogen-bond acceptors (Lipinski definition) is 4. The van der Waals surface area contributed by atoms with Crippen LogP contribution in [0.1, 0.15) is 26.3 Å². The molecule has 0 aliphatic heterocycles. The minimum atomic E-state index is -0.348. The van der Waals surface area contributed by atoms with Crippen LogP contribution in [-0.4, -0.2) is 18.5 Å². The van der Waals surface area contributed by atoms with Gasteiger partial charge in [0.05, 0.1) is 6.61 Å². The maximum atomic E-state index is 11.7. The Bertz CT molecular complexity index is 540. The van der Waals surface area contributed by atoms with Crippen molar-refractivity contribution in [2.45, 2.75) is 20.8 Å². The van der Waals surface area contributed by atoms with Gasteiger partial charge in [-0.2, -0.15) is 0 Å². The number of ether oxygens (including phenoxy) is 2. The first-order valence-electron chi connectivity index (χ1n) is 6.20. The van der Waals surface area contributed by atoms with Crippen molar-refractivity contribution in [3.8, 4) is 5.75 Å². The highest BCUT2D eigenvalue weighted by molar-refractivity contribution is 6.03. The van der Waals surface area contributed by atoms with Crippen LogP contribution in [0, 0.1) is 5.92 Å². The van der Waals surface area contributed by atoms with Crippen LogP contribution in [0.25, 0.3) is 5.57 Å². The third kappa shape index (κ3) is 2.84. The molecule has 0 N–H and O–H groups in total. The third-order valence-corrected chi connectivity index (χ3v) is 3.01. The summed E-state index contributed by atoms with van der Waals surface area (Å²) in [6.07, 6.45) is 0. The highest BCUT2D eigenvalue weighted by Gasteiger charge is 2.41. The number of hydrogen-bond donors (Lipinski definition) is 0. The summed E-state index contributed by atoms with van der Waals surface area (Å²) in [6.45, 7) is 5.47. The molecule has 1 aliphatic carbocycles. The van der Waals surface area contributed by atoms with Gasteiger partial charge in [0.15, 0.2) is 0 Å². The lowest BCUT2D eigenvalue weighted by Gasteiger charge is -2.03. The first-order chi connectivity index (χ1) is 9.04. The Morgan fingerprint density at radius 2 is 1.84 bits per heavy atom. The molecular weight excluding hydrogens is 244 g/mol. The van der Waals surface area contributed by atoms with Crippen molar-refractivity contribution in [1.82, 2.24) is 0 Å². The molecule has 0 heterocycles. The zero-order chi connectivity index (χ0) is 14.0. The molecule has 1 aromatic carbocycles. The fourth-order valence-corrected chi connectivity index (χ4v) is 2.11. The minimum absolute atomic E-state index is 0.195. The zero-order valence-corrected chi connectivity index (χ0v) is 11.2. The van der Waals surface area contributed by atoms with Gasteiger partial charge in [-0.1, -0.05) is 12.1 Å². The topological polar surface area (TPSA) is 52.6 Å². The number of carbonyl (C=O) groups excluding carboxylic acids is 2. The van der Waals surface area contributed by atoms with Crippen LogP contribution in [0.3, 0.4) is 0 Å². The average molecular weight is 260 g/mol. The normalized spacial score (nSPS) is 17.1. The summed E-state index contributed by atoms with van der Waals surface area (Å²) in [5.74, 6) is -0.250. The molecule has 4 heteroatoms. The smallest absolute Gasteiger partial charge is 0.317 e. The molecule has 1 atom stereocenters. The molecule has 1 aliphatic rings. The Labute approximate surface area is 112 Å². The van der Waals surface area contributed by atoms with E-state index in [1.807, 2.05) is 19.1 Å². The second kappa shape index (κ2) is 5.26. The first kappa shape index (κ1) is 13.3. The SMILES string of the molecule is CCOC(=O)C1C(C)=C1c1ccc(OC(C)=O)cc1. The second-order valence-electron chi connectivity index (χ2n) is 4.40. The van der Waals surface area contributed by atoms with Gasteiger partial charge in [-0.05, 0) is 42.7 Å². The second-order valence-corrected chi connectivity index (χ2v) is 4.40. The lowest BCUT2D eigenvalue weighted by Crippen LogP contribution is -2.09. The van der Waals surface area contributed by atoms with Gasteiger partial charge in [0.1, 0.15) is 11.7 Å². The molecule has 0 radical (unpaired) electrons. The lowest BCUT2D eigenvalue weighted by molar-refractivity contribution is -0.143. The molecule has 0 spiro atoms. The van der Waals surface area contributed by atoms with E-state index in [0.29, 0.717) is 12.4 Å². The molecule has 100 valence electrons. The average Bonchev–Trinajstić information content (AvgIpc) is 3.01. The van der Waals surface area contributed by atoms with Crippen molar-refractivity contribution >= 4 is 17.5 Å². The fourth-order valence-electron chi connectivity index (χ4n) is 2.11. The molecule has 1 unspecified atom stereocenters. The van der Waals surface area contributed by atoms with E-state index in [0.717, 1.165) is 16.7 Å². The fraction of sp³-hybridized carbons (Fsp3) is 0.333. The van der Waals surface area contributed by atoms with Crippen LogP contribution < -0.4 is 4.74 Å². The van der Waals surface area contributed by atoms with Crippen LogP contribution in [-0.2, 0) is 14.3 Å². The minimum Gasteiger partial charge on any atom is -0.465 e. The van der Waals surface area contributed by atoms with Gasteiger partial charge in [-0.15, -0.1) is 0 Å². The summed E-state index contributed by atoms with van der Waals surface area (Å²) in [5.41, 5.74) is 3.01. The quantitative estimate of drug-likeness (QED) is 0.616. The van der Waals surface area contributed by atoms with Gasteiger partial charge in [0.2, 0.25) is 0 Å². The van der Waals surface area contributed by atoms with E-state index in [-0.39, 0.29) is 17.9 Å². The van der Waals surface area contributed by atoms with Gasteiger partial charge in [0.25, 0.3) is 0 Å². The Balaban J connectivity index is 2.08. The first-order valence-corrected chi connectivity index (χ1v) is 6.20. The van der Waals surface area contributed by atoms with E-state index < -0.39 is 0 Å². The van der Waals surface area contributed by atoms with Crippen LogP contribution in [0.2, 0.25) is 0 Å². The van der Waals surface area contributed by atoms with Crippen molar-refractivity contribution in [3.63, 3.8) is 0 Å². The molecule has 2 rings (SSSR count). The van der Waals surface area contributed by atoms with Crippen molar-refractivity contribution in [1.29, 1.82) is 0 Å². The lowest BCUT2D eigenvalue weighted by atomic mass is 10.1. The summed E-state index contributed by atoms with van der Waals surface area (Å²) in [6, 6.07) is 7.13. The number of rotatable bonds is 4. The van der Waals surface area contributed by atoms with Crippen LogP contribution in [0.4, 0.5) is 0 Å². The Morgan fingerprint density at radius 1 is 1.21 bits per heavy atom. The summed E-state index contributed by atoms with van der Waals surface area (Å²) < 4.78 is 9.98. The molecule has 0 fully saturated rings. The predicted octanol–water partition coefficient (Wildman–Crippen LogP) is 2.58. The van der Waals surface area contributed by atoms with Gasteiger partial charge in [0, 0.05) is 6.92 Å². The van der Waals surface area contributed by atoms with Crippen LogP contribution in [0.15, 0.2) is 29.8 Å². The summed E-state index contributed by atoms with van der Waals surface area (Å²) in [7, 11) is 0. The van der Waals surface area contributed by atoms with E-state index >= 15 is 0 Å². The van der Waals surface area contributed by atoms with E-state index in [2.05, 4.69) is 0 Å². The van der Waals surface area contributed by atoms with Crippen molar-refractivity contribution in [3.05, 3.63) is 35.4 Å². The Morgan fingerprint density at radius 3 is 2.37 bits per heavy atom. The van der Waals surface area contributed by atoms with Gasteiger partial charge in [-0.3, -0.25) is 9.59 Å². The standard InChI is InChI=1S/C15H16O4/c1-4-18-15(17)14-9(2)13(14)11-5-7-12(8-6-11)19-10(3)16/h5-8,14H,4H2,1-3H3. The molecule has 0 saturated heterocycles. The Kier molecular flexibility index (Phi) is 3.69. The van der Waals surface area contributed by atoms with Gasteiger partial charge in [-0.25, -0.2) is 0 Å². The highest BCUT2D eigenvalue weighted by atomic mass is 16.5. The molecule has 0 bridgehead atoms. The number of benzene rings is 1. The highest BCUT2D eigenvalue weighted by Crippen LogP contribution is 2.47. The summed E-state index contributed by atoms with van der Waals surface area (Å²) >= 11 is 0. The molecule has 4 nitrogen and oxygen atoms in total. The van der Waals surface area contributed by atoms with E-state index in [1.54, 1.807) is 19.1 Å². The molecule has 19 heavy (non-hydrogen) atoms. The number of carbonyl (C=O) groups is 2. The maximum Gasteiger partial charge on any atom is 0.317 e. The van der Waals surface area contributed by atoms with E-state index in [4.69, 9.17) is 9.47 Å². The third-order valence-electron chi connectivity index (χ3n) is 3.01.